The molecule has 0 spiro atoms. The van der Waals surface area contributed by atoms with Gasteiger partial charge in [0, 0.05) is 31.5 Å². The number of Topliss-reactive ketones (excluding diaryl/α,β-unsaturated/α-hetero) is 1. The Bertz CT molecular complexity index is 463. The lowest BCUT2D eigenvalue weighted by molar-refractivity contribution is -0.126. The quantitative estimate of drug-likeness (QED) is 0.807. The number of nitrogens with zero attached hydrogens (tertiary/aromatic N) is 1. The third kappa shape index (κ3) is 2.75. The van der Waals surface area contributed by atoms with Crippen LogP contribution in [0.4, 0.5) is 10.1 Å². The molecule has 0 aromatic heterocycles. The molecule has 0 N–H and O–H groups in total. The summed E-state index contributed by atoms with van der Waals surface area (Å²) in [6, 6.07) is 5.97. The average molecular weight is 249 g/mol. The summed E-state index contributed by atoms with van der Waals surface area (Å²) in [6.45, 7) is 0. The molecule has 2 rings (SSSR count). The maximum absolute atomic E-state index is 13.1. The highest BCUT2D eigenvalue weighted by atomic mass is 19.1. The van der Waals surface area contributed by atoms with Crippen molar-refractivity contribution in [1.29, 1.82) is 0 Å². The summed E-state index contributed by atoms with van der Waals surface area (Å²) in [5, 5.41) is 0. The molecule has 18 heavy (non-hydrogen) atoms. The molecule has 4 heteroatoms. The Labute approximate surface area is 106 Å². The predicted molar refractivity (Wildman–Crippen MR) is 66.8 cm³/mol. The third-order valence-electron chi connectivity index (χ3n) is 3.42. The Morgan fingerprint density at radius 1 is 1.33 bits per heavy atom. The zero-order valence-corrected chi connectivity index (χ0v) is 10.4. The van der Waals surface area contributed by atoms with E-state index in [1.165, 1.54) is 17.0 Å². The number of rotatable bonds is 2. The van der Waals surface area contributed by atoms with Crippen molar-refractivity contribution in [1.82, 2.24) is 0 Å². The van der Waals surface area contributed by atoms with E-state index in [0.717, 1.165) is 0 Å². The Hall–Kier alpha value is -1.71. The summed E-state index contributed by atoms with van der Waals surface area (Å²) in [6.07, 6.45) is 2.18. The van der Waals surface area contributed by atoms with Crippen LogP contribution in [0.5, 0.6) is 0 Å². The lowest BCUT2D eigenvalue weighted by atomic mass is 9.87. The first-order valence-corrected chi connectivity index (χ1v) is 6.13. The molecule has 3 nitrogen and oxygen atoms in total. The molecule has 0 saturated heterocycles. The minimum atomic E-state index is -0.356. The van der Waals surface area contributed by atoms with Gasteiger partial charge in [0.1, 0.15) is 11.6 Å². The van der Waals surface area contributed by atoms with Gasteiger partial charge in [-0.05, 0) is 31.0 Å². The number of anilines is 1. The van der Waals surface area contributed by atoms with Crippen LogP contribution < -0.4 is 4.90 Å². The molecule has 1 fully saturated rings. The number of halogens is 1. The van der Waals surface area contributed by atoms with Crippen LogP contribution in [0, 0.1) is 11.7 Å². The van der Waals surface area contributed by atoms with Crippen molar-refractivity contribution in [2.75, 3.05) is 11.9 Å². The van der Waals surface area contributed by atoms with Crippen LogP contribution in [0.3, 0.4) is 0 Å². The number of hydrogen-bond donors (Lipinski definition) is 0. The smallest absolute Gasteiger partial charge is 0.229 e. The van der Waals surface area contributed by atoms with Gasteiger partial charge in [-0.15, -0.1) is 0 Å². The Morgan fingerprint density at radius 3 is 2.61 bits per heavy atom. The van der Waals surface area contributed by atoms with Gasteiger partial charge >= 0.3 is 0 Å². The summed E-state index contributed by atoms with van der Waals surface area (Å²) >= 11 is 0. The molecule has 1 aliphatic rings. The topological polar surface area (TPSA) is 37.4 Å². The second-order valence-corrected chi connectivity index (χ2v) is 4.69. The molecule has 0 heterocycles. The number of benzene rings is 1. The summed E-state index contributed by atoms with van der Waals surface area (Å²) in [5.41, 5.74) is 0.553. The van der Waals surface area contributed by atoms with Crippen LogP contribution >= 0.6 is 0 Å². The third-order valence-corrected chi connectivity index (χ3v) is 3.42. The van der Waals surface area contributed by atoms with Crippen LogP contribution in [-0.4, -0.2) is 18.7 Å². The average Bonchev–Trinajstić information content (AvgIpc) is 2.38. The van der Waals surface area contributed by atoms with Crippen LogP contribution in [0.1, 0.15) is 25.7 Å². The fourth-order valence-corrected chi connectivity index (χ4v) is 2.27. The first-order chi connectivity index (χ1) is 8.58. The number of hydrogen-bond acceptors (Lipinski definition) is 2. The maximum atomic E-state index is 13.1. The van der Waals surface area contributed by atoms with E-state index in [1.807, 2.05) is 0 Å². The Kier molecular flexibility index (Phi) is 3.75. The van der Waals surface area contributed by atoms with E-state index in [2.05, 4.69) is 0 Å². The molecule has 1 amide bonds. The predicted octanol–water partition coefficient (Wildman–Crippen LogP) is 2.55. The maximum Gasteiger partial charge on any atom is 0.229 e. The molecule has 96 valence electrons. The van der Waals surface area contributed by atoms with E-state index in [1.54, 1.807) is 19.2 Å². The van der Waals surface area contributed by atoms with E-state index in [9.17, 15) is 14.0 Å². The standard InChI is InChI=1S/C14H16FNO2/c1-16(12-4-2-3-11(15)9-12)14(18)10-5-7-13(17)8-6-10/h2-4,9-10H,5-8H2,1H3. The molecule has 1 aliphatic carbocycles. The van der Waals surface area contributed by atoms with Gasteiger partial charge < -0.3 is 4.90 Å². The first-order valence-electron chi connectivity index (χ1n) is 6.13. The highest BCUT2D eigenvalue weighted by molar-refractivity contribution is 5.95. The van der Waals surface area contributed by atoms with Crippen molar-refractivity contribution >= 4 is 17.4 Å². The molecule has 1 aromatic rings. The van der Waals surface area contributed by atoms with E-state index in [0.29, 0.717) is 31.4 Å². The van der Waals surface area contributed by atoms with E-state index in [-0.39, 0.29) is 23.4 Å². The fraction of sp³-hybridized carbons (Fsp3) is 0.429. The molecule has 0 unspecified atom stereocenters. The van der Waals surface area contributed by atoms with Gasteiger partial charge in [0.25, 0.3) is 0 Å². The van der Waals surface area contributed by atoms with Gasteiger partial charge in [-0.2, -0.15) is 0 Å². The normalized spacial score (nSPS) is 16.7. The Morgan fingerprint density at radius 2 is 2.00 bits per heavy atom. The zero-order valence-electron chi connectivity index (χ0n) is 10.4. The Balaban J connectivity index is 2.07. The largest absolute Gasteiger partial charge is 0.315 e. The molecule has 0 bridgehead atoms. The fourth-order valence-electron chi connectivity index (χ4n) is 2.27. The van der Waals surface area contributed by atoms with E-state index < -0.39 is 0 Å². The summed E-state index contributed by atoms with van der Waals surface area (Å²) < 4.78 is 13.1. The molecule has 0 atom stereocenters. The second kappa shape index (κ2) is 5.29. The number of amides is 1. The highest BCUT2D eigenvalue weighted by Crippen LogP contribution is 2.25. The number of carbonyl (C=O) groups is 2. The summed E-state index contributed by atoms with van der Waals surface area (Å²) in [4.78, 5) is 24.8. The lowest BCUT2D eigenvalue weighted by Crippen LogP contribution is -2.35. The summed E-state index contributed by atoms with van der Waals surface area (Å²) in [7, 11) is 1.65. The minimum Gasteiger partial charge on any atom is -0.315 e. The number of ketones is 1. The SMILES string of the molecule is CN(C(=O)C1CCC(=O)CC1)c1cccc(F)c1. The second-order valence-electron chi connectivity index (χ2n) is 4.69. The van der Waals surface area contributed by atoms with Crippen molar-refractivity contribution in [3.8, 4) is 0 Å². The van der Waals surface area contributed by atoms with Gasteiger partial charge in [0.15, 0.2) is 0 Å². The molecule has 0 radical (unpaired) electrons. The van der Waals surface area contributed by atoms with E-state index >= 15 is 0 Å². The highest BCUT2D eigenvalue weighted by Gasteiger charge is 2.27. The van der Waals surface area contributed by atoms with Crippen LogP contribution in [0.25, 0.3) is 0 Å². The molecular formula is C14H16FNO2. The van der Waals surface area contributed by atoms with Crippen molar-refractivity contribution < 1.29 is 14.0 Å². The molecule has 1 saturated carbocycles. The minimum absolute atomic E-state index is 0.0342. The monoisotopic (exact) mass is 249 g/mol. The zero-order chi connectivity index (χ0) is 13.1. The summed E-state index contributed by atoms with van der Waals surface area (Å²) in [5.74, 6) is -0.275. The first kappa shape index (κ1) is 12.7. The van der Waals surface area contributed by atoms with Crippen LogP contribution in [0.2, 0.25) is 0 Å². The van der Waals surface area contributed by atoms with Gasteiger partial charge in [-0.1, -0.05) is 6.07 Å². The van der Waals surface area contributed by atoms with Crippen molar-refractivity contribution in [3.05, 3.63) is 30.1 Å². The van der Waals surface area contributed by atoms with E-state index in [4.69, 9.17) is 0 Å². The van der Waals surface area contributed by atoms with Crippen molar-refractivity contribution in [2.24, 2.45) is 5.92 Å². The van der Waals surface area contributed by atoms with Gasteiger partial charge in [-0.25, -0.2) is 4.39 Å². The van der Waals surface area contributed by atoms with Gasteiger partial charge in [0.2, 0.25) is 5.91 Å². The van der Waals surface area contributed by atoms with Crippen LogP contribution in [0.15, 0.2) is 24.3 Å². The molecular weight excluding hydrogens is 233 g/mol. The molecule has 0 aliphatic heterocycles. The van der Waals surface area contributed by atoms with Crippen LogP contribution in [-0.2, 0) is 9.59 Å². The lowest BCUT2D eigenvalue weighted by Gasteiger charge is -2.26. The number of carbonyl (C=O) groups excluding carboxylic acids is 2. The van der Waals surface area contributed by atoms with Gasteiger partial charge in [0.05, 0.1) is 0 Å². The van der Waals surface area contributed by atoms with Crippen molar-refractivity contribution in [2.45, 2.75) is 25.7 Å². The van der Waals surface area contributed by atoms with Gasteiger partial charge in [-0.3, -0.25) is 9.59 Å². The molecule has 1 aromatic carbocycles. The van der Waals surface area contributed by atoms with Crippen molar-refractivity contribution in [3.63, 3.8) is 0 Å².